The van der Waals surface area contributed by atoms with Crippen molar-refractivity contribution in [2.45, 2.75) is 38.4 Å². The predicted octanol–water partition coefficient (Wildman–Crippen LogP) is 3.09. The number of unbranched alkanes of at least 4 members (excludes halogenated alkanes) is 1. The minimum atomic E-state index is -4.63. The molecular formula is C14H18F4N2O. The first-order valence-corrected chi connectivity index (χ1v) is 6.67. The van der Waals surface area contributed by atoms with Crippen molar-refractivity contribution in [2.75, 3.05) is 6.54 Å². The van der Waals surface area contributed by atoms with Crippen LogP contribution >= 0.6 is 0 Å². The molecule has 0 bridgehead atoms. The average molecular weight is 306 g/mol. The van der Waals surface area contributed by atoms with E-state index in [1.54, 1.807) is 0 Å². The summed E-state index contributed by atoms with van der Waals surface area (Å²) in [5.41, 5.74) is 3.80. The Bertz CT molecular complexity index is 488. The number of hydrogen-bond donors (Lipinski definition) is 2. The number of alkyl halides is 3. The minimum absolute atomic E-state index is 0.145. The molecule has 0 aliphatic heterocycles. The molecule has 0 aliphatic carbocycles. The van der Waals surface area contributed by atoms with Crippen LogP contribution in [-0.2, 0) is 6.18 Å². The normalized spacial score (nSPS) is 13.0. The van der Waals surface area contributed by atoms with Gasteiger partial charge < -0.3 is 11.1 Å². The van der Waals surface area contributed by atoms with Crippen LogP contribution in [0.2, 0.25) is 0 Å². The number of carbonyl (C=O) groups is 1. The van der Waals surface area contributed by atoms with E-state index >= 15 is 0 Å². The number of rotatable bonds is 6. The van der Waals surface area contributed by atoms with E-state index in [0.717, 1.165) is 12.8 Å². The van der Waals surface area contributed by atoms with Crippen molar-refractivity contribution in [2.24, 2.45) is 5.73 Å². The van der Waals surface area contributed by atoms with Crippen LogP contribution in [0.25, 0.3) is 0 Å². The molecular weight excluding hydrogens is 288 g/mol. The zero-order chi connectivity index (χ0) is 16.0. The summed E-state index contributed by atoms with van der Waals surface area (Å²) in [4.78, 5) is 11.9. The van der Waals surface area contributed by atoms with Crippen LogP contribution in [-0.4, -0.2) is 18.5 Å². The molecule has 1 amide bonds. The smallest absolute Gasteiger partial charge is 0.348 e. The molecule has 1 aromatic carbocycles. The zero-order valence-electron chi connectivity index (χ0n) is 11.6. The van der Waals surface area contributed by atoms with Gasteiger partial charge in [-0.15, -0.1) is 0 Å². The lowest BCUT2D eigenvalue weighted by atomic mass is 10.1. The molecule has 0 radical (unpaired) electrons. The summed E-state index contributed by atoms with van der Waals surface area (Å²) in [5, 5.41) is 2.47. The highest BCUT2D eigenvalue weighted by Gasteiger charge is 2.32. The zero-order valence-corrected chi connectivity index (χ0v) is 11.6. The molecule has 1 rings (SSSR count). The maximum atomic E-state index is 13.6. The number of halogens is 4. The minimum Gasteiger partial charge on any atom is -0.348 e. The van der Waals surface area contributed by atoms with Crippen LogP contribution < -0.4 is 11.1 Å². The van der Waals surface area contributed by atoms with Crippen LogP contribution in [0.15, 0.2) is 18.2 Å². The first-order valence-electron chi connectivity index (χ1n) is 6.67. The van der Waals surface area contributed by atoms with Gasteiger partial charge in [-0.05, 0) is 24.6 Å². The van der Waals surface area contributed by atoms with Crippen molar-refractivity contribution in [3.63, 3.8) is 0 Å². The monoisotopic (exact) mass is 306 g/mol. The molecule has 118 valence electrons. The molecule has 0 aliphatic rings. The van der Waals surface area contributed by atoms with E-state index in [0.29, 0.717) is 24.6 Å². The fraction of sp³-hybridized carbons (Fsp3) is 0.500. The quantitative estimate of drug-likeness (QED) is 0.794. The fourth-order valence-electron chi connectivity index (χ4n) is 1.84. The summed E-state index contributed by atoms with van der Waals surface area (Å²) >= 11 is 0. The first-order chi connectivity index (χ1) is 9.79. The Balaban J connectivity index is 2.91. The summed E-state index contributed by atoms with van der Waals surface area (Å²) in [6, 6.07) is 1.37. The highest BCUT2D eigenvalue weighted by Crippen LogP contribution is 2.30. The molecule has 1 aromatic rings. The highest BCUT2D eigenvalue weighted by molar-refractivity contribution is 5.94. The van der Waals surface area contributed by atoms with Crippen molar-refractivity contribution in [1.82, 2.24) is 5.32 Å². The molecule has 0 aromatic heterocycles. The second kappa shape index (κ2) is 7.40. The largest absolute Gasteiger partial charge is 0.416 e. The standard InChI is InChI=1S/C14H18F4N2O/c1-2-3-4-10(8-19)20-13(21)11-7-9(14(16,17)18)5-6-12(11)15/h5-7,10H,2-4,8,19H2,1H3,(H,20,21). The fourth-order valence-corrected chi connectivity index (χ4v) is 1.84. The van der Waals surface area contributed by atoms with Crippen LogP contribution in [0, 0.1) is 5.82 Å². The Morgan fingerprint density at radius 2 is 2.05 bits per heavy atom. The second-order valence-electron chi connectivity index (χ2n) is 4.74. The Kier molecular flexibility index (Phi) is 6.14. The van der Waals surface area contributed by atoms with Crippen molar-refractivity contribution in [1.29, 1.82) is 0 Å². The third-order valence-electron chi connectivity index (χ3n) is 3.06. The average Bonchev–Trinajstić information content (AvgIpc) is 2.42. The highest BCUT2D eigenvalue weighted by atomic mass is 19.4. The summed E-state index contributed by atoms with van der Waals surface area (Å²) in [5.74, 6) is -1.88. The van der Waals surface area contributed by atoms with Gasteiger partial charge in [0.05, 0.1) is 11.1 Å². The molecule has 0 heterocycles. The van der Waals surface area contributed by atoms with E-state index < -0.39 is 29.0 Å². The van der Waals surface area contributed by atoms with Gasteiger partial charge in [0.1, 0.15) is 5.82 Å². The lowest BCUT2D eigenvalue weighted by Crippen LogP contribution is -2.40. The summed E-state index contributed by atoms with van der Waals surface area (Å²) in [7, 11) is 0. The lowest BCUT2D eigenvalue weighted by Gasteiger charge is -2.17. The van der Waals surface area contributed by atoms with Gasteiger partial charge in [0.15, 0.2) is 0 Å². The lowest BCUT2D eigenvalue weighted by molar-refractivity contribution is -0.137. The van der Waals surface area contributed by atoms with Crippen molar-refractivity contribution < 1.29 is 22.4 Å². The van der Waals surface area contributed by atoms with Crippen molar-refractivity contribution in [3.05, 3.63) is 35.1 Å². The van der Waals surface area contributed by atoms with E-state index in [4.69, 9.17) is 5.73 Å². The molecule has 3 nitrogen and oxygen atoms in total. The van der Waals surface area contributed by atoms with Gasteiger partial charge in [-0.3, -0.25) is 4.79 Å². The topological polar surface area (TPSA) is 55.1 Å². The van der Waals surface area contributed by atoms with E-state index in [1.165, 1.54) is 0 Å². The van der Waals surface area contributed by atoms with Crippen LogP contribution in [0.3, 0.4) is 0 Å². The molecule has 21 heavy (non-hydrogen) atoms. The van der Waals surface area contributed by atoms with E-state index in [1.807, 2.05) is 6.92 Å². The summed E-state index contributed by atoms with van der Waals surface area (Å²) in [6.07, 6.45) is -2.32. The van der Waals surface area contributed by atoms with Crippen molar-refractivity contribution in [3.8, 4) is 0 Å². The Hall–Kier alpha value is -1.63. The van der Waals surface area contributed by atoms with Crippen molar-refractivity contribution >= 4 is 5.91 Å². The first kappa shape index (κ1) is 17.4. The number of hydrogen-bond acceptors (Lipinski definition) is 2. The molecule has 0 spiro atoms. The Labute approximate surface area is 120 Å². The Morgan fingerprint density at radius 1 is 1.38 bits per heavy atom. The molecule has 0 saturated carbocycles. The van der Waals surface area contributed by atoms with E-state index in [2.05, 4.69) is 5.32 Å². The van der Waals surface area contributed by atoms with Crippen LogP contribution in [0.5, 0.6) is 0 Å². The summed E-state index contributed by atoms with van der Waals surface area (Å²) < 4.78 is 51.3. The summed E-state index contributed by atoms with van der Waals surface area (Å²) in [6.45, 7) is 2.11. The SMILES string of the molecule is CCCCC(CN)NC(=O)c1cc(C(F)(F)F)ccc1F. The van der Waals surface area contributed by atoms with Crippen LogP contribution in [0.4, 0.5) is 17.6 Å². The predicted molar refractivity (Wildman–Crippen MR) is 71.2 cm³/mol. The maximum absolute atomic E-state index is 13.6. The van der Waals surface area contributed by atoms with Gasteiger partial charge in [0.25, 0.3) is 5.91 Å². The van der Waals surface area contributed by atoms with Gasteiger partial charge in [-0.2, -0.15) is 13.2 Å². The van der Waals surface area contributed by atoms with Gasteiger partial charge >= 0.3 is 6.18 Å². The number of amides is 1. The number of benzene rings is 1. The van der Waals surface area contributed by atoms with Gasteiger partial charge in [0.2, 0.25) is 0 Å². The molecule has 1 atom stereocenters. The third kappa shape index (κ3) is 5.00. The molecule has 7 heteroatoms. The molecule has 0 fully saturated rings. The van der Waals surface area contributed by atoms with E-state index in [-0.39, 0.29) is 12.6 Å². The van der Waals surface area contributed by atoms with E-state index in [9.17, 15) is 22.4 Å². The molecule has 0 saturated heterocycles. The van der Waals surface area contributed by atoms with Gasteiger partial charge in [-0.1, -0.05) is 19.8 Å². The number of nitrogens with one attached hydrogen (secondary N) is 1. The maximum Gasteiger partial charge on any atom is 0.416 e. The second-order valence-corrected chi connectivity index (χ2v) is 4.74. The van der Waals surface area contributed by atoms with Gasteiger partial charge in [0, 0.05) is 12.6 Å². The Morgan fingerprint density at radius 3 is 2.57 bits per heavy atom. The third-order valence-corrected chi connectivity index (χ3v) is 3.06. The molecule has 3 N–H and O–H groups in total. The number of carbonyl (C=O) groups excluding carboxylic acids is 1. The molecule has 1 unspecified atom stereocenters. The van der Waals surface area contributed by atoms with Gasteiger partial charge in [-0.25, -0.2) is 4.39 Å². The number of nitrogens with two attached hydrogens (primary N) is 1. The van der Waals surface area contributed by atoms with Crippen LogP contribution in [0.1, 0.15) is 42.1 Å².